The lowest BCUT2D eigenvalue weighted by Gasteiger charge is -2.26. The summed E-state index contributed by atoms with van der Waals surface area (Å²) in [6.45, 7) is 1.44. The Bertz CT molecular complexity index is 854. The Balaban J connectivity index is 1.67. The van der Waals surface area contributed by atoms with Crippen LogP contribution < -0.4 is 15.2 Å². The van der Waals surface area contributed by atoms with Crippen LogP contribution in [0.5, 0.6) is 11.5 Å². The predicted octanol–water partition coefficient (Wildman–Crippen LogP) is 2.27. The summed E-state index contributed by atoms with van der Waals surface area (Å²) in [6.07, 6.45) is 6.25. The Kier molecular flexibility index (Phi) is 3.29. The highest BCUT2D eigenvalue weighted by molar-refractivity contribution is 5.85. The Labute approximate surface area is 133 Å². The van der Waals surface area contributed by atoms with Crippen LogP contribution in [-0.2, 0) is 13.0 Å². The van der Waals surface area contributed by atoms with Crippen LogP contribution in [0, 0.1) is 5.92 Å². The number of pyridine rings is 1. The van der Waals surface area contributed by atoms with Crippen molar-refractivity contribution in [1.29, 1.82) is 0 Å². The van der Waals surface area contributed by atoms with Gasteiger partial charge in [0.2, 0.25) is 0 Å². The number of methoxy groups -OCH3 is 1. The Morgan fingerprint density at radius 3 is 3.09 bits per heavy atom. The van der Waals surface area contributed by atoms with Gasteiger partial charge in [0, 0.05) is 29.6 Å². The molecule has 118 valence electrons. The number of anilines is 1. The van der Waals surface area contributed by atoms with Gasteiger partial charge in [0.05, 0.1) is 37.3 Å². The zero-order valence-electron chi connectivity index (χ0n) is 12.9. The molecule has 6 heteroatoms. The summed E-state index contributed by atoms with van der Waals surface area (Å²) in [5.74, 6) is 2.04. The molecule has 3 aromatic rings. The summed E-state index contributed by atoms with van der Waals surface area (Å²) in [7, 11) is 1.67. The Morgan fingerprint density at radius 2 is 2.30 bits per heavy atom. The van der Waals surface area contributed by atoms with Gasteiger partial charge in [-0.05, 0) is 24.6 Å². The third-order valence-electron chi connectivity index (χ3n) is 4.21. The number of hydrogen-bond donors (Lipinski definition) is 1. The molecule has 1 aliphatic heterocycles. The fourth-order valence-electron chi connectivity index (χ4n) is 3.09. The first-order chi connectivity index (χ1) is 11.2. The first-order valence-electron chi connectivity index (χ1n) is 7.59. The second-order valence-corrected chi connectivity index (χ2v) is 5.86. The number of nitrogens with zero attached hydrogens (tertiary/aromatic N) is 3. The molecule has 0 spiro atoms. The zero-order chi connectivity index (χ0) is 15.8. The highest BCUT2D eigenvalue weighted by atomic mass is 16.5. The van der Waals surface area contributed by atoms with E-state index in [1.54, 1.807) is 13.3 Å². The second kappa shape index (κ2) is 5.46. The van der Waals surface area contributed by atoms with Crippen LogP contribution in [0.25, 0.3) is 10.9 Å². The van der Waals surface area contributed by atoms with Crippen molar-refractivity contribution in [2.24, 2.45) is 5.92 Å². The maximum Gasteiger partial charge on any atom is 0.141 e. The molecule has 1 atom stereocenters. The number of fused-ring (bicyclic) bond motifs is 3. The maximum absolute atomic E-state index is 5.92. The minimum Gasteiger partial charge on any atom is -0.497 e. The van der Waals surface area contributed by atoms with E-state index in [-0.39, 0.29) is 0 Å². The molecule has 0 saturated heterocycles. The van der Waals surface area contributed by atoms with Crippen LogP contribution in [-0.4, -0.2) is 28.5 Å². The number of nitrogens with two attached hydrogens (primary N) is 1. The molecule has 1 unspecified atom stereocenters. The topological polar surface area (TPSA) is 75.2 Å². The third kappa shape index (κ3) is 2.56. The molecule has 6 nitrogen and oxygen atoms in total. The Hall–Kier alpha value is -2.76. The van der Waals surface area contributed by atoms with Gasteiger partial charge in [0.1, 0.15) is 11.5 Å². The largest absolute Gasteiger partial charge is 0.497 e. The third-order valence-corrected chi connectivity index (χ3v) is 4.21. The van der Waals surface area contributed by atoms with E-state index < -0.39 is 0 Å². The van der Waals surface area contributed by atoms with Gasteiger partial charge in [0.15, 0.2) is 0 Å². The molecule has 1 aromatic carbocycles. The van der Waals surface area contributed by atoms with Gasteiger partial charge in [-0.15, -0.1) is 0 Å². The molecule has 0 radical (unpaired) electrons. The summed E-state index contributed by atoms with van der Waals surface area (Å²) in [6, 6.07) is 5.93. The van der Waals surface area contributed by atoms with Crippen LogP contribution in [0.1, 0.15) is 5.56 Å². The number of hydrogen-bond acceptors (Lipinski definition) is 5. The van der Waals surface area contributed by atoms with Crippen molar-refractivity contribution in [2.75, 3.05) is 19.5 Å². The molecule has 3 heterocycles. The lowest BCUT2D eigenvalue weighted by Crippen LogP contribution is -2.25. The lowest BCUT2D eigenvalue weighted by molar-refractivity contribution is 0.202. The predicted molar refractivity (Wildman–Crippen MR) is 87.6 cm³/mol. The number of benzene rings is 1. The number of ether oxygens (including phenoxy) is 2. The molecule has 2 aromatic heterocycles. The quantitative estimate of drug-likeness (QED) is 0.803. The van der Waals surface area contributed by atoms with Gasteiger partial charge in [-0.2, -0.15) is 5.10 Å². The highest BCUT2D eigenvalue weighted by Gasteiger charge is 2.23. The van der Waals surface area contributed by atoms with Crippen molar-refractivity contribution in [3.8, 4) is 11.5 Å². The molecule has 23 heavy (non-hydrogen) atoms. The average Bonchev–Trinajstić information content (AvgIpc) is 2.99. The van der Waals surface area contributed by atoms with Crippen molar-refractivity contribution >= 4 is 16.6 Å². The van der Waals surface area contributed by atoms with E-state index in [0.29, 0.717) is 18.2 Å². The second-order valence-electron chi connectivity index (χ2n) is 5.86. The molecule has 0 fully saturated rings. The van der Waals surface area contributed by atoms with Gasteiger partial charge in [-0.1, -0.05) is 0 Å². The normalized spacial score (nSPS) is 16.8. The van der Waals surface area contributed by atoms with E-state index in [1.807, 2.05) is 35.3 Å². The van der Waals surface area contributed by atoms with Crippen LogP contribution >= 0.6 is 0 Å². The molecular weight excluding hydrogens is 292 g/mol. The fourth-order valence-corrected chi connectivity index (χ4v) is 3.09. The molecule has 4 rings (SSSR count). The SMILES string of the molecule is COc1ccc2ncc3c(c2c1)CC(Cn1cc(N)cn1)CO3. The molecule has 0 aliphatic carbocycles. The fraction of sp³-hybridized carbons (Fsp3) is 0.294. The van der Waals surface area contributed by atoms with Gasteiger partial charge in [0.25, 0.3) is 0 Å². The average molecular weight is 310 g/mol. The first-order valence-corrected chi connectivity index (χ1v) is 7.59. The summed E-state index contributed by atoms with van der Waals surface area (Å²) in [5, 5.41) is 5.35. The summed E-state index contributed by atoms with van der Waals surface area (Å²) >= 11 is 0. The van der Waals surface area contributed by atoms with Gasteiger partial charge in [-0.3, -0.25) is 9.67 Å². The van der Waals surface area contributed by atoms with E-state index in [2.05, 4.69) is 10.1 Å². The van der Waals surface area contributed by atoms with E-state index >= 15 is 0 Å². The van der Waals surface area contributed by atoms with Crippen molar-refractivity contribution in [3.05, 3.63) is 42.4 Å². The number of nitrogen functional groups attached to an aromatic ring is 1. The van der Waals surface area contributed by atoms with Gasteiger partial charge >= 0.3 is 0 Å². The Morgan fingerprint density at radius 1 is 1.39 bits per heavy atom. The van der Waals surface area contributed by atoms with Crippen molar-refractivity contribution in [2.45, 2.75) is 13.0 Å². The molecule has 1 aliphatic rings. The molecular formula is C17H18N4O2. The molecule has 0 amide bonds. The molecule has 2 N–H and O–H groups in total. The van der Waals surface area contributed by atoms with Crippen molar-refractivity contribution in [3.63, 3.8) is 0 Å². The van der Waals surface area contributed by atoms with E-state index in [0.717, 1.165) is 35.4 Å². The minimum atomic E-state index is 0.346. The van der Waals surface area contributed by atoms with Crippen LogP contribution in [0.2, 0.25) is 0 Å². The smallest absolute Gasteiger partial charge is 0.141 e. The van der Waals surface area contributed by atoms with Crippen molar-refractivity contribution in [1.82, 2.24) is 14.8 Å². The first kappa shape index (κ1) is 13.9. The standard InChI is InChI=1S/C17H18N4O2/c1-22-13-2-3-16-14(5-13)15-4-11(10-23-17(15)7-19-16)8-21-9-12(18)6-20-21/h2-3,5-7,9,11H,4,8,10,18H2,1H3. The van der Waals surface area contributed by atoms with E-state index in [4.69, 9.17) is 15.2 Å². The minimum absolute atomic E-state index is 0.346. The summed E-state index contributed by atoms with van der Waals surface area (Å²) < 4.78 is 13.1. The monoisotopic (exact) mass is 310 g/mol. The highest BCUT2D eigenvalue weighted by Crippen LogP contribution is 2.34. The molecule has 0 bridgehead atoms. The van der Waals surface area contributed by atoms with Gasteiger partial charge < -0.3 is 15.2 Å². The van der Waals surface area contributed by atoms with Crippen LogP contribution in [0.15, 0.2) is 36.8 Å². The zero-order valence-corrected chi connectivity index (χ0v) is 12.9. The van der Waals surface area contributed by atoms with Gasteiger partial charge in [-0.25, -0.2) is 0 Å². The number of rotatable bonds is 3. The lowest BCUT2D eigenvalue weighted by atomic mass is 9.94. The number of aromatic nitrogens is 3. The van der Waals surface area contributed by atoms with Crippen LogP contribution in [0.4, 0.5) is 5.69 Å². The van der Waals surface area contributed by atoms with E-state index in [9.17, 15) is 0 Å². The summed E-state index contributed by atoms with van der Waals surface area (Å²) in [5.41, 5.74) is 8.55. The van der Waals surface area contributed by atoms with E-state index in [1.165, 1.54) is 5.56 Å². The molecule has 0 saturated carbocycles. The maximum atomic E-state index is 5.92. The van der Waals surface area contributed by atoms with Crippen molar-refractivity contribution < 1.29 is 9.47 Å². The summed E-state index contributed by atoms with van der Waals surface area (Å²) in [4.78, 5) is 4.47. The van der Waals surface area contributed by atoms with Crippen LogP contribution in [0.3, 0.4) is 0 Å².